The Hall–Kier alpha value is -1.82. The van der Waals surface area contributed by atoms with Gasteiger partial charge in [0.05, 0.1) is 19.8 Å². The van der Waals surface area contributed by atoms with E-state index in [9.17, 15) is 9.90 Å². The number of methoxy groups -OCH3 is 2. The molecule has 1 atom stereocenters. The molecule has 2 N–H and O–H groups in total. The molecule has 6 heteroatoms. The van der Waals surface area contributed by atoms with Crippen LogP contribution in [-0.2, 0) is 4.74 Å². The van der Waals surface area contributed by atoms with Crippen LogP contribution < -0.4 is 10.1 Å². The van der Waals surface area contributed by atoms with Crippen LogP contribution in [0, 0.1) is 5.41 Å². The minimum Gasteiger partial charge on any atom is -0.480 e. The van der Waals surface area contributed by atoms with E-state index in [1.165, 1.54) is 14.2 Å². The first-order valence-corrected chi connectivity index (χ1v) is 7.88. The van der Waals surface area contributed by atoms with Crippen molar-refractivity contribution < 1.29 is 19.4 Å². The largest absolute Gasteiger partial charge is 0.480 e. The molecule has 0 radical (unpaired) electrons. The van der Waals surface area contributed by atoms with E-state index in [1.54, 1.807) is 12.1 Å². The number of hydrogen-bond donors (Lipinski definition) is 2. The first-order chi connectivity index (χ1) is 10.8. The molecule has 1 heterocycles. The van der Waals surface area contributed by atoms with Crippen molar-refractivity contribution in [3.05, 3.63) is 17.7 Å². The molecule has 0 aliphatic heterocycles. The van der Waals surface area contributed by atoms with Crippen LogP contribution in [0.5, 0.6) is 5.88 Å². The third-order valence-corrected chi connectivity index (χ3v) is 4.36. The SMILES string of the molecule is COC(=O)c1ccc(NCC2(O)CCCC(C)(C)C2)nc1OC. The van der Waals surface area contributed by atoms with Gasteiger partial charge in [-0.05, 0) is 43.2 Å². The number of rotatable bonds is 5. The Morgan fingerprint density at radius 1 is 1.35 bits per heavy atom. The van der Waals surface area contributed by atoms with E-state index >= 15 is 0 Å². The van der Waals surface area contributed by atoms with Crippen LogP contribution in [0.4, 0.5) is 5.82 Å². The van der Waals surface area contributed by atoms with Gasteiger partial charge in [-0.1, -0.05) is 13.8 Å². The van der Waals surface area contributed by atoms with E-state index in [0.29, 0.717) is 12.4 Å². The standard InChI is InChI=1S/C17H26N2O4/c1-16(2)8-5-9-17(21,10-16)11-18-13-7-6-12(15(20)23-4)14(19-13)22-3/h6-7,21H,5,8-11H2,1-4H3,(H,18,19). The third-order valence-electron chi connectivity index (χ3n) is 4.36. The van der Waals surface area contributed by atoms with E-state index in [2.05, 4.69) is 24.1 Å². The number of carbonyl (C=O) groups is 1. The van der Waals surface area contributed by atoms with Gasteiger partial charge in [0, 0.05) is 6.54 Å². The van der Waals surface area contributed by atoms with Gasteiger partial charge in [0.1, 0.15) is 11.4 Å². The van der Waals surface area contributed by atoms with Crippen molar-refractivity contribution in [2.24, 2.45) is 5.41 Å². The summed E-state index contributed by atoms with van der Waals surface area (Å²) in [7, 11) is 2.77. The van der Waals surface area contributed by atoms with E-state index in [1.807, 2.05) is 0 Å². The maximum Gasteiger partial charge on any atom is 0.343 e. The van der Waals surface area contributed by atoms with Crippen molar-refractivity contribution >= 4 is 11.8 Å². The fourth-order valence-corrected chi connectivity index (χ4v) is 3.33. The van der Waals surface area contributed by atoms with Crippen LogP contribution in [0.1, 0.15) is 49.9 Å². The molecule has 1 aromatic heterocycles. The van der Waals surface area contributed by atoms with Gasteiger partial charge in [0.2, 0.25) is 5.88 Å². The number of aliphatic hydroxyl groups is 1. The predicted octanol–water partition coefficient (Wildman–Crippen LogP) is 2.62. The average molecular weight is 322 g/mol. The Kier molecular flexibility index (Phi) is 5.14. The molecule has 1 unspecified atom stereocenters. The zero-order valence-corrected chi connectivity index (χ0v) is 14.3. The summed E-state index contributed by atoms with van der Waals surface area (Å²) < 4.78 is 9.84. The molecule has 0 aromatic carbocycles. The third kappa shape index (κ3) is 4.34. The van der Waals surface area contributed by atoms with Gasteiger partial charge in [0.25, 0.3) is 0 Å². The predicted molar refractivity (Wildman–Crippen MR) is 87.8 cm³/mol. The molecule has 1 aromatic rings. The number of carbonyl (C=O) groups excluding carboxylic acids is 1. The fraction of sp³-hybridized carbons (Fsp3) is 0.647. The maximum atomic E-state index is 11.6. The van der Waals surface area contributed by atoms with E-state index in [4.69, 9.17) is 9.47 Å². The Balaban J connectivity index is 2.07. The van der Waals surface area contributed by atoms with Crippen molar-refractivity contribution in [2.45, 2.75) is 45.1 Å². The number of nitrogens with one attached hydrogen (secondary N) is 1. The van der Waals surface area contributed by atoms with Crippen molar-refractivity contribution in [2.75, 3.05) is 26.1 Å². The van der Waals surface area contributed by atoms with E-state index in [0.717, 1.165) is 25.7 Å². The van der Waals surface area contributed by atoms with Crippen LogP contribution in [0.15, 0.2) is 12.1 Å². The molecule has 0 saturated heterocycles. The van der Waals surface area contributed by atoms with Crippen molar-refractivity contribution in [1.82, 2.24) is 4.98 Å². The minimum absolute atomic E-state index is 0.147. The Bertz CT molecular complexity index is 574. The quantitative estimate of drug-likeness (QED) is 0.811. The van der Waals surface area contributed by atoms with Gasteiger partial charge in [0.15, 0.2) is 0 Å². The zero-order chi connectivity index (χ0) is 17.1. The summed E-state index contributed by atoms with van der Waals surface area (Å²) >= 11 is 0. The van der Waals surface area contributed by atoms with Crippen LogP contribution in [0.2, 0.25) is 0 Å². The number of aromatic nitrogens is 1. The van der Waals surface area contributed by atoms with Crippen LogP contribution in [0.25, 0.3) is 0 Å². The number of nitrogens with zero attached hydrogens (tertiary/aromatic N) is 1. The average Bonchev–Trinajstić information content (AvgIpc) is 2.50. The Morgan fingerprint density at radius 2 is 2.09 bits per heavy atom. The summed E-state index contributed by atoms with van der Waals surface area (Å²) in [5.41, 5.74) is -0.315. The van der Waals surface area contributed by atoms with Crippen LogP contribution in [0.3, 0.4) is 0 Å². The Labute approximate surface area is 137 Å². The van der Waals surface area contributed by atoms with Crippen molar-refractivity contribution in [3.8, 4) is 5.88 Å². The van der Waals surface area contributed by atoms with Gasteiger partial charge < -0.3 is 19.9 Å². The summed E-state index contributed by atoms with van der Waals surface area (Å²) in [6, 6.07) is 3.29. The minimum atomic E-state index is -0.738. The lowest BCUT2D eigenvalue weighted by atomic mass is 9.70. The van der Waals surface area contributed by atoms with Gasteiger partial charge in [-0.15, -0.1) is 0 Å². The highest BCUT2D eigenvalue weighted by Gasteiger charge is 2.38. The molecule has 1 fully saturated rings. The fourth-order valence-electron chi connectivity index (χ4n) is 3.33. The lowest BCUT2D eigenvalue weighted by molar-refractivity contribution is -0.0278. The highest BCUT2D eigenvalue weighted by molar-refractivity contribution is 5.92. The molecule has 2 rings (SSSR count). The van der Waals surface area contributed by atoms with Gasteiger partial charge in [-0.2, -0.15) is 4.98 Å². The van der Waals surface area contributed by atoms with Crippen LogP contribution in [-0.4, -0.2) is 42.4 Å². The highest BCUT2D eigenvalue weighted by Crippen LogP contribution is 2.40. The summed E-state index contributed by atoms with van der Waals surface area (Å²) in [5, 5.41) is 13.9. The van der Waals surface area contributed by atoms with E-state index < -0.39 is 11.6 Å². The van der Waals surface area contributed by atoms with E-state index in [-0.39, 0.29) is 16.9 Å². The summed E-state index contributed by atoms with van der Waals surface area (Å²) in [4.78, 5) is 15.9. The molecule has 23 heavy (non-hydrogen) atoms. The molecule has 6 nitrogen and oxygen atoms in total. The van der Waals surface area contributed by atoms with Crippen LogP contribution >= 0.6 is 0 Å². The molecular weight excluding hydrogens is 296 g/mol. The lowest BCUT2D eigenvalue weighted by Crippen LogP contribution is -2.44. The zero-order valence-electron chi connectivity index (χ0n) is 14.3. The summed E-state index contributed by atoms with van der Waals surface area (Å²) in [6.07, 6.45) is 3.68. The smallest absolute Gasteiger partial charge is 0.343 e. The van der Waals surface area contributed by atoms with Gasteiger partial charge in [-0.25, -0.2) is 4.79 Å². The monoisotopic (exact) mass is 322 g/mol. The molecule has 0 spiro atoms. The molecule has 128 valence electrons. The number of ether oxygens (including phenoxy) is 2. The molecule has 1 saturated carbocycles. The molecule has 0 bridgehead atoms. The Morgan fingerprint density at radius 3 is 2.70 bits per heavy atom. The maximum absolute atomic E-state index is 11.6. The topological polar surface area (TPSA) is 80.7 Å². The first kappa shape index (κ1) is 17.5. The van der Waals surface area contributed by atoms with Crippen molar-refractivity contribution in [3.63, 3.8) is 0 Å². The lowest BCUT2D eigenvalue weighted by Gasteiger charge is -2.41. The van der Waals surface area contributed by atoms with Gasteiger partial charge in [-0.3, -0.25) is 0 Å². The van der Waals surface area contributed by atoms with Gasteiger partial charge >= 0.3 is 5.97 Å². The number of hydrogen-bond acceptors (Lipinski definition) is 6. The second-order valence-corrected chi connectivity index (χ2v) is 7.02. The molecule has 1 aliphatic rings. The number of esters is 1. The second-order valence-electron chi connectivity index (χ2n) is 7.02. The summed E-state index contributed by atoms with van der Waals surface area (Å²) in [5.74, 6) is 0.276. The highest BCUT2D eigenvalue weighted by atomic mass is 16.5. The van der Waals surface area contributed by atoms with Crippen molar-refractivity contribution in [1.29, 1.82) is 0 Å². The summed E-state index contributed by atoms with van der Waals surface area (Å²) in [6.45, 7) is 4.79. The number of anilines is 1. The molecule has 0 amide bonds. The first-order valence-electron chi connectivity index (χ1n) is 7.88. The molecular formula is C17H26N2O4. The normalized spacial score (nSPS) is 23.2. The second kappa shape index (κ2) is 6.74. The number of pyridine rings is 1. The molecule has 1 aliphatic carbocycles.